The Bertz CT molecular complexity index is 1640. The molecule has 0 bridgehead atoms. The van der Waals surface area contributed by atoms with E-state index < -0.39 is 33.9 Å². The van der Waals surface area contributed by atoms with Crippen molar-refractivity contribution in [3.63, 3.8) is 0 Å². The summed E-state index contributed by atoms with van der Waals surface area (Å²) < 4.78 is 40.9. The van der Waals surface area contributed by atoms with Crippen molar-refractivity contribution in [3.8, 4) is 11.4 Å². The fourth-order valence-electron chi connectivity index (χ4n) is 4.71. The number of carbonyl (C=O) groups is 2. The van der Waals surface area contributed by atoms with Crippen molar-refractivity contribution < 1.29 is 27.3 Å². The first-order valence-electron chi connectivity index (χ1n) is 11.7. The summed E-state index contributed by atoms with van der Waals surface area (Å²) in [6, 6.07) is 20.3. The van der Waals surface area contributed by atoms with Crippen LogP contribution in [-0.2, 0) is 14.9 Å². The van der Waals surface area contributed by atoms with Crippen LogP contribution in [0.2, 0.25) is 0 Å². The standard InChI is InChI=1S/C27H24N4O6S/c1-16-22-23(20-15-19(38(34,35)36)13-14-21(20)37-2)24(28-26(32)17-9-5-3-6-10-17)27(33)29-25(22)31(30-16)18-11-7-4-8-12-18/h3-15,23-24H,1-2H3,(H,28,32)(H,29,33)(H,34,35,36)/t23-,24-/m0/s1. The largest absolute Gasteiger partial charge is 0.496 e. The molecule has 0 aliphatic carbocycles. The second-order valence-electron chi connectivity index (χ2n) is 8.76. The Morgan fingerprint density at radius 3 is 2.34 bits per heavy atom. The van der Waals surface area contributed by atoms with Crippen LogP contribution in [0.3, 0.4) is 0 Å². The quantitative estimate of drug-likeness (QED) is 0.324. The van der Waals surface area contributed by atoms with Gasteiger partial charge in [-0.1, -0.05) is 36.4 Å². The van der Waals surface area contributed by atoms with Crippen molar-refractivity contribution in [3.05, 3.63) is 101 Å². The average molecular weight is 533 g/mol. The molecule has 3 aromatic carbocycles. The predicted octanol–water partition coefficient (Wildman–Crippen LogP) is 3.32. The third-order valence-corrected chi connectivity index (χ3v) is 7.28. The number of aryl methyl sites for hydroxylation is 1. The minimum absolute atomic E-state index is 0.272. The molecule has 11 heteroatoms. The van der Waals surface area contributed by atoms with E-state index in [1.54, 1.807) is 41.9 Å². The molecule has 38 heavy (non-hydrogen) atoms. The highest BCUT2D eigenvalue weighted by atomic mass is 32.2. The fraction of sp³-hybridized carbons (Fsp3) is 0.148. The van der Waals surface area contributed by atoms with Crippen LogP contribution in [0.5, 0.6) is 5.75 Å². The maximum absolute atomic E-state index is 13.6. The van der Waals surface area contributed by atoms with Crippen LogP contribution in [0.25, 0.3) is 5.69 Å². The number of carbonyl (C=O) groups excluding carboxylic acids is 2. The maximum atomic E-state index is 13.6. The fourth-order valence-corrected chi connectivity index (χ4v) is 5.23. The van der Waals surface area contributed by atoms with Crippen LogP contribution < -0.4 is 15.4 Å². The Morgan fingerprint density at radius 1 is 1.05 bits per heavy atom. The third-order valence-electron chi connectivity index (χ3n) is 6.43. The number of nitrogens with zero attached hydrogens (tertiary/aromatic N) is 2. The Balaban J connectivity index is 1.73. The number of fused-ring (bicyclic) bond motifs is 1. The molecule has 0 spiro atoms. The summed E-state index contributed by atoms with van der Waals surface area (Å²) in [5, 5.41) is 10.3. The first kappa shape index (κ1) is 25.2. The lowest BCUT2D eigenvalue weighted by atomic mass is 9.81. The number of anilines is 1. The SMILES string of the molecule is COc1ccc(S(=O)(=O)O)cc1[C@H]1c2c(C)nn(-c3ccccc3)c2NC(=O)[C@H]1NC(=O)c1ccccc1. The Morgan fingerprint density at radius 2 is 1.71 bits per heavy atom. The van der Waals surface area contributed by atoms with Crippen LogP contribution in [0, 0.1) is 6.92 Å². The zero-order valence-corrected chi connectivity index (χ0v) is 21.3. The number of aromatic nitrogens is 2. The second-order valence-corrected chi connectivity index (χ2v) is 10.2. The van der Waals surface area contributed by atoms with Crippen molar-refractivity contribution in [2.45, 2.75) is 23.8 Å². The lowest BCUT2D eigenvalue weighted by molar-refractivity contribution is -0.118. The van der Waals surface area contributed by atoms with E-state index in [1.165, 1.54) is 25.3 Å². The minimum atomic E-state index is -4.58. The number of para-hydroxylation sites is 1. The number of nitrogens with one attached hydrogen (secondary N) is 2. The molecule has 1 aliphatic rings. The number of hydrogen-bond acceptors (Lipinski definition) is 6. The number of ether oxygens (including phenoxy) is 1. The highest BCUT2D eigenvalue weighted by molar-refractivity contribution is 7.85. The topological polar surface area (TPSA) is 140 Å². The van der Waals surface area contributed by atoms with Gasteiger partial charge in [0.05, 0.1) is 23.4 Å². The van der Waals surface area contributed by atoms with Gasteiger partial charge in [-0.15, -0.1) is 0 Å². The Labute approximate surface area is 219 Å². The molecule has 3 N–H and O–H groups in total. The molecule has 0 saturated heterocycles. The average Bonchev–Trinajstić information content (AvgIpc) is 3.24. The number of amides is 2. The van der Waals surface area contributed by atoms with Crippen molar-refractivity contribution in [2.24, 2.45) is 0 Å². The lowest BCUT2D eigenvalue weighted by Crippen LogP contribution is -2.50. The highest BCUT2D eigenvalue weighted by Gasteiger charge is 2.43. The molecule has 2 heterocycles. The van der Waals surface area contributed by atoms with Crippen molar-refractivity contribution in [1.82, 2.24) is 15.1 Å². The zero-order chi connectivity index (χ0) is 27.0. The van der Waals surface area contributed by atoms with E-state index in [0.717, 1.165) is 0 Å². The van der Waals surface area contributed by atoms with Gasteiger partial charge in [0.1, 0.15) is 17.6 Å². The van der Waals surface area contributed by atoms with E-state index in [0.29, 0.717) is 28.3 Å². The molecule has 0 saturated carbocycles. The molecule has 1 aromatic heterocycles. The van der Waals surface area contributed by atoms with Gasteiger partial charge in [0, 0.05) is 22.6 Å². The van der Waals surface area contributed by atoms with Gasteiger partial charge in [0.15, 0.2) is 0 Å². The number of methoxy groups -OCH3 is 1. The first-order chi connectivity index (χ1) is 18.2. The van der Waals surface area contributed by atoms with Gasteiger partial charge in [0.2, 0.25) is 5.91 Å². The van der Waals surface area contributed by atoms with Crippen LogP contribution >= 0.6 is 0 Å². The van der Waals surface area contributed by atoms with Crippen molar-refractivity contribution in [1.29, 1.82) is 0 Å². The third kappa shape index (κ3) is 4.53. The van der Waals surface area contributed by atoms with Crippen LogP contribution in [0.1, 0.15) is 33.1 Å². The van der Waals surface area contributed by atoms with E-state index in [9.17, 15) is 22.6 Å². The van der Waals surface area contributed by atoms with Gasteiger partial charge in [-0.2, -0.15) is 13.5 Å². The lowest BCUT2D eigenvalue weighted by Gasteiger charge is -2.33. The molecule has 2 atom stereocenters. The van der Waals surface area contributed by atoms with Gasteiger partial charge in [-0.25, -0.2) is 4.68 Å². The maximum Gasteiger partial charge on any atom is 0.294 e. The van der Waals surface area contributed by atoms with Crippen LogP contribution in [0.15, 0.2) is 83.8 Å². The van der Waals surface area contributed by atoms with Gasteiger partial charge in [0.25, 0.3) is 16.0 Å². The van der Waals surface area contributed by atoms with Gasteiger partial charge in [-0.05, 0) is 49.4 Å². The molecule has 0 fully saturated rings. The van der Waals surface area contributed by atoms with E-state index >= 15 is 0 Å². The number of hydrogen-bond donors (Lipinski definition) is 3. The molecular formula is C27H24N4O6S. The van der Waals surface area contributed by atoms with E-state index in [-0.39, 0.29) is 16.2 Å². The summed E-state index contributed by atoms with van der Waals surface area (Å²) in [6.07, 6.45) is 0. The summed E-state index contributed by atoms with van der Waals surface area (Å²) in [6.45, 7) is 1.76. The number of rotatable bonds is 6. The van der Waals surface area contributed by atoms with Crippen LogP contribution in [-0.4, -0.2) is 47.7 Å². The molecule has 5 rings (SSSR count). The molecule has 2 amide bonds. The molecule has 4 aromatic rings. The molecule has 0 unspecified atom stereocenters. The molecule has 10 nitrogen and oxygen atoms in total. The molecular weight excluding hydrogens is 508 g/mol. The zero-order valence-electron chi connectivity index (χ0n) is 20.5. The van der Waals surface area contributed by atoms with Crippen LogP contribution in [0.4, 0.5) is 5.82 Å². The van der Waals surface area contributed by atoms with E-state index in [1.807, 2.05) is 30.3 Å². The monoisotopic (exact) mass is 532 g/mol. The highest BCUT2D eigenvalue weighted by Crippen LogP contribution is 2.44. The second kappa shape index (κ2) is 9.77. The van der Waals surface area contributed by atoms with Gasteiger partial charge >= 0.3 is 0 Å². The summed E-state index contributed by atoms with van der Waals surface area (Å²) in [5.41, 5.74) is 2.44. The normalized spacial score (nSPS) is 16.9. The van der Waals surface area contributed by atoms with Crippen molar-refractivity contribution >= 4 is 27.8 Å². The minimum Gasteiger partial charge on any atom is -0.496 e. The van der Waals surface area contributed by atoms with Crippen molar-refractivity contribution in [2.75, 3.05) is 12.4 Å². The summed E-state index contributed by atoms with van der Waals surface area (Å²) in [5.74, 6) is -1.26. The van der Waals surface area contributed by atoms with Gasteiger partial charge < -0.3 is 15.4 Å². The van der Waals surface area contributed by atoms with E-state index in [2.05, 4.69) is 15.7 Å². The Kier molecular flexibility index (Phi) is 6.47. The summed E-state index contributed by atoms with van der Waals surface area (Å²) in [4.78, 5) is 26.4. The number of benzene rings is 3. The molecule has 0 radical (unpaired) electrons. The summed E-state index contributed by atoms with van der Waals surface area (Å²) in [7, 11) is -3.17. The molecule has 194 valence electrons. The molecule has 1 aliphatic heterocycles. The predicted molar refractivity (Wildman–Crippen MR) is 139 cm³/mol. The smallest absolute Gasteiger partial charge is 0.294 e. The first-order valence-corrected chi connectivity index (χ1v) is 13.1. The van der Waals surface area contributed by atoms with Gasteiger partial charge in [-0.3, -0.25) is 14.1 Å². The van der Waals surface area contributed by atoms with E-state index in [4.69, 9.17) is 4.74 Å². The Hall–Kier alpha value is -4.48. The summed E-state index contributed by atoms with van der Waals surface area (Å²) >= 11 is 0.